The molecule has 1 fully saturated rings. The molecule has 4 heteroatoms. The van der Waals surface area contributed by atoms with E-state index >= 15 is 0 Å². The summed E-state index contributed by atoms with van der Waals surface area (Å²) in [6, 6.07) is 0. The first-order chi connectivity index (χ1) is 7.59. The summed E-state index contributed by atoms with van der Waals surface area (Å²) in [6.45, 7) is 0. The molecule has 2 bridgehead atoms. The van der Waals surface area contributed by atoms with E-state index in [1.807, 2.05) is 0 Å². The van der Waals surface area contributed by atoms with Crippen molar-refractivity contribution in [3.05, 3.63) is 24.3 Å². The fourth-order valence-corrected chi connectivity index (χ4v) is 2.97. The average molecular weight is 260 g/mol. The molecule has 0 aliphatic heterocycles. The molecular formula is C12H13Cl2O2-. The number of aliphatic carboxylic acids is 1. The highest BCUT2D eigenvalue weighted by molar-refractivity contribution is 6.52. The topological polar surface area (TPSA) is 40.1 Å². The third-order valence-electron chi connectivity index (χ3n) is 3.63. The van der Waals surface area contributed by atoms with Gasteiger partial charge in [-0.1, -0.05) is 47.5 Å². The zero-order valence-electron chi connectivity index (χ0n) is 8.68. The molecule has 88 valence electrons. The van der Waals surface area contributed by atoms with Gasteiger partial charge in [0.05, 0.1) is 5.97 Å². The average Bonchev–Trinajstić information content (AvgIpc) is 2.92. The summed E-state index contributed by atoms with van der Waals surface area (Å²) in [7, 11) is 0. The van der Waals surface area contributed by atoms with Crippen LogP contribution in [0.3, 0.4) is 0 Å². The second kappa shape index (κ2) is 4.80. The number of halogens is 2. The number of carboxylic acids is 1. The summed E-state index contributed by atoms with van der Waals surface area (Å²) in [5.41, 5.74) is 0. The van der Waals surface area contributed by atoms with Crippen molar-refractivity contribution in [3.63, 3.8) is 0 Å². The lowest BCUT2D eigenvalue weighted by Crippen LogP contribution is -2.28. The van der Waals surface area contributed by atoms with Crippen LogP contribution >= 0.6 is 23.2 Å². The summed E-state index contributed by atoms with van der Waals surface area (Å²) in [4.78, 5) is 7.93. The van der Waals surface area contributed by atoms with Gasteiger partial charge in [-0.3, -0.25) is 0 Å². The van der Waals surface area contributed by atoms with Gasteiger partial charge in [0, 0.05) is 0 Å². The van der Waals surface area contributed by atoms with E-state index in [0.29, 0.717) is 0 Å². The lowest BCUT2D eigenvalue weighted by molar-refractivity contribution is -0.302. The van der Waals surface area contributed by atoms with Crippen LogP contribution in [0, 0.1) is 23.7 Å². The van der Waals surface area contributed by atoms with E-state index in [1.165, 1.54) is 12.8 Å². The van der Waals surface area contributed by atoms with Gasteiger partial charge >= 0.3 is 0 Å². The lowest BCUT2D eigenvalue weighted by atomic mass is 9.86. The molecule has 0 amide bonds. The molecule has 3 rings (SSSR count). The van der Waals surface area contributed by atoms with Gasteiger partial charge in [-0.2, -0.15) is 0 Å². The SMILES string of the molecule is C1=CC2C3C=CC(C3)C2C1.O=C([O-])C(Cl)Cl. The summed E-state index contributed by atoms with van der Waals surface area (Å²) < 4.78 is 0. The highest BCUT2D eigenvalue weighted by atomic mass is 35.5. The van der Waals surface area contributed by atoms with Crippen molar-refractivity contribution in [2.45, 2.75) is 17.7 Å². The first kappa shape index (κ1) is 12.0. The van der Waals surface area contributed by atoms with Gasteiger partial charge in [-0.25, -0.2) is 0 Å². The Morgan fingerprint density at radius 3 is 2.44 bits per heavy atom. The molecule has 0 heterocycles. The number of fused-ring (bicyclic) bond motifs is 5. The maximum atomic E-state index is 9.32. The van der Waals surface area contributed by atoms with Crippen molar-refractivity contribution in [3.8, 4) is 0 Å². The van der Waals surface area contributed by atoms with Gasteiger partial charge in [-0.15, -0.1) is 0 Å². The van der Waals surface area contributed by atoms with Gasteiger partial charge in [-0.05, 0) is 36.5 Å². The van der Waals surface area contributed by atoms with E-state index in [2.05, 4.69) is 24.3 Å². The first-order valence-corrected chi connectivity index (χ1v) is 6.31. The molecule has 0 saturated heterocycles. The number of allylic oxidation sites excluding steroid dienone is 4. The number of carboxylic acid groups (broad SMARTS) is 1. The molecule has 4 unspecified atom stereocenters. The predicted octanol–water partition coefficient (Wildman–Crippen LogP) is 1.92. The quantitative estimate of drug-likeness (QED) is 0.534. The van der Waals surface area contributed by atoms with Crippen molar-refractivity contribution in [1.29, 1.82) is 0 Å². The molecule has 4 atom stereocenters. The van der Waals surface area contributed by atoms with E-state index in [4.69, 9.17) is 23.2 Å². The smallest absolute Gasteiger partial charge is 0.146 e. The number of rotatable bonds is 1. The molecule has 0 aromatic heterocycles. The number of carbonyl (C=O) groups is 1. The van der Waals surface area contributed by atoms with E-state index in [9.17, 15) is 9.90 Å². The van der Waals surface area contributed by atoms with Gasteiger partial charge in [0.25, 0.3) is 0 Å². The Balaban J connectivity index is 0.000000142. The zero-order chi connectivity index (χ0) is 11.7. The minimum absolute atomic E-state index is 0.925. The van der Waals surface area contributed by atoms with Crippen LogP contribution < -0.4 is 5.11 Å². The zero-order valence-corrected chi connectivity index (χ0v) is 10.2. The van der Waals surface area contributed by atoms with Crippen LogP contribution in [0.25, 0.3) is 0 Å². The van der Waals surface area contributed by atoms with Crippen LogP contribution in [0.1, 0.15) is 12.8 Å². The largest absolute Gasteiger partial charge is 0.547 e. The standard InChI is InChI=1S/C10H12.C2H2Cl2O2/c1-2-9-7-4-5-8(6-7)10(9)3-1;3-1(4)2(5)6/h1-2,4-5,7-10H,3,6H2;1H,(H,5,6)/p-1. The maximum absolute atomic E-state index is 9.32. The Morgan fingerprint density at radius 1 is 1.25 bits per heavy atom. The van der Waals surface area contributed by atoms with E-state index in [-0.39, 0.29) is 0 Å². The summed E-state index contributed by atoms with van der Waals surface area (Å²) in [6.07, 6.45) is 12.5. The molecule has 0 N–H and O–H groups in total. The Bertz CT molecular complexity index is 336. The van der Waals surface area contributed by atoms with Crippen molar-refractivity contribution in [2.75, 3.05) is 0 Å². The third-order valence-corrected chi connectivity index (χ3v) is 3.99. The van der Waals surface area contributed by atoms with Crippen molar-refractivity contribution >= 4 is 29.2 Å². The molecule has 0 radical (unpaired) electrons. The molecule has 3 aliphatic carbocycles. The van der Waals surface area contributed by atoms with E-state index in [0.717, 1.165) is 23.7 Å². The fraction of sp³-hybridized carbons (Fsp3) is 0.583. The molecule has 0 aromatic carbocycles. The van der Waals surface area contributed by atoms with Gasteiger partial charge in [0.15, 0.2) is 0 Å². The third kappa shape index (κ3) is 2.28. The summed E-state index contributed by atoms with van der Waals surface area (Å²) in [5.74, 6) is 2.36. The van der Waals surface area contributed by atoms with Crippen LogP contribution in [0.15, 0.2) is 24.3 Å². The molecular weight excluding hydrogens is 247 g/mol. The number of carbonyl (C=O) groups excluding carboxylic acids is 1. The second-order valence-electron chi connectivity index (χ2n) is 4.47. The monoisotopic (exact) mass is 259 g/mol. The minimum Gasteiger partial charge on any atom is -0.547 e. The van der Waals surface area contributed by atoms with Gasteiger partial charge in [0.1, 0.15) is 4.84 Å². The van der Waals surface area contributed by atoms with E-state index in [1.54, 1.807) is 0 Å². The lowest BCUT2D eigenvalue weighted by Gasteiger charge is -2.18. The highest BCUT2D eigenvalue weighted by Crippen LogP contribution is 2.52. The van der Waals surface area contributed by atoms with Crippen LogP contribution in [-0.2, 0) is 4.79 Å². The number of alkyl halides is 2. The molecule has 16 heavy (non-hydrogen) atoms. The van der Waals surface area contributed by atoms with Gasteiger partial charge < -0.3 is 9.90 Å². The molecule has 0 aromatic rings. The Kier molecular flexibility index (Phi) is 3.60. The van der Waals surface area contributed by atoms with Crippen molar-refractivity contribution < 1.29 is 9.90 Å². The van der Waals surface area contributed by atoms with Crippen molar-refractivity contribution in [2.24, 2.45) is 23.7 Å². The Labute approximate surface area is 105 Å². The van der Waals surface area contributed by atoms with Crippen LogP contribution in [0.2, 0.25) is 0 Å². The molecule has 1 saturated carbocycles. The van der Waals surface area contributed by atoms with Crippen LogP contribution in [0.5, 0.6) is 0 Å². The van der Waals surface area contributed by atoms with Crippen LogP contribution in [-0.4, -0.2) is 10.8 Å². The first-order valence-electron chi connectivity index (χ1n) is 5.43. The summed E-state index contributed by atoms with van der Waals surface area (Å²) >= 11 is 9.43. The van der Waals surface area contributed by atoms with Crippen molar-refractivity contribution in [1.82, 2.24) is 0 Å². The molecule has 3 aliphatic rings. The number of hydrogen-bond donors (Lipinski definition) is 0. The van der Waals surface area contributed by atoms with Crippen LogP contribution in [0.4, 0.5) is 0 Å². The second-order valence-corrected chi connectivity index (χ2v) is 5.57. The van der Waals surface area contributed by atoms with E-state index < -0.39 is 10.8 Å². The Hall–Kier alpha value is -0.470. The number of hydrogen-bond acceptors (Lipinski definition) is 2. The predicted molar refractivity (Wildman–Crippen MR) is 62.0 cm³/mol. The minimum atomic E-state index is -1.46. The molecule has 0 spiro atoms. The molecule has 2 nitrogen and oxygen atoms in total. The normalized spacial score (nSPS) is 37.4. The summed E-state index contributed by atoms with van der Waals surface area (Å²) in [5, 5.41) is 9.32. The highest BCUT2D eigenvalue weighted by Gasteiger charge is 2.44. The maximum Gasteiger partial charge on any atom is 0.146 e. The fourth-order valence-electron chi connectivity index (χ4n) is 2.97. The van der Waals surface area contributed by atoms with Gasteiger partial charge in [0.2, 0.25) is 0 Å². The Morgan fingerprint density at radius 2 is 1.88 bits per heavy atom.